The Bertz CT molecular complexity index is 657. The number of nitrogens with one attached hydrogen (secondary N) is 1. The predicted molar refractivity (Wildman–Crippen MR) is 81.8 cm³/mol. The monoisotopic (exact) mass is 322 g/mol. The molecule has 3 N–H and O–H groups in total. The Morgan fingerprint density at radius 1 is 1.27 bits per heavy atom. The van der Waals surface area contributed by atoms with Crippen LogP contribution in [0.4, 0.5) is 10.2 Å². The molecule has 1 heterocycles. The number of primary amides is 1. The molecule has 0 saturated heterocycles. The molecule has 0 aliphatic rings. The standard InChI is InChI=1S/C14H15FN4O2S/c15-10-1-3-11(4-2-10)22-9-14(21)17-13-6-8-19(18-13)7-5-12(16)20/h1-4,6,8H,5,7,9H2,(H2,16,20)(H,17,18,21). The fourth-order valence-electron chi connectivity index (χ4n) is 1.64. The first-order chi connectivity index (χ1) is 10.5. The molecule has 0 spiro atoms. The second-order valence-corrected chi connectivity index (χ2v) is 5.52. The molecule has 6 nitrogen and oxygen atoms in total. The number of hydrogen-bond acceptors (Lipinski definition) is 4. The number of aryl methyl sites for hydroxylation is 1. The van der Waals surface area contributed by atoms with E-state index in [1.165, 1.54) is 28.6 Å². The lowest BCUT2D eigenvalue weighted by molar-refractivity contribution is -0.118. The van der Waals surface area contributed by atoms with Crippen LogP contribution in [0.3, 0.4) is 0 Å². The van der Waals surface area contributed by atoms with E-state index < -0.39 is 5.91 Å². The largest absolute Gasteiger partial charge is 0.370 e. The van der Waals surface area contributed by atoms with E-state index in [4.69, 9.17) is 5.73 Å². The van der Waals surface area contributed by atoms with Gasteiger partial charge in [-0.1, -0.05) is 0 Å². The maximum Gasteiger partial charge on any atom is 0.235 e. The number of nitrogens with two attached hydrogens (primary N) is 1. The molecule has 0 unspecified atom stereocenters. The van der Waals surface area contributed by atoms with Crippen molar-refractivity contribution >= 4 is 29.4 Å². The molecule has 2 rings (SSSR count). The van der Waals surface area contributed by atoms with E-state index in [9.17, 15) is 14.0 Å². The molecule has 0 aliphatic heterocycles. The summed E-state index contributed by atoms with van der Waals surface area (Å²) in [6.45, 7) is 0.371. The molecular formula is C14H15FN4O2S. The fraction of sp³-hybridized carbons (Fsp3) is 0.214. The highest BCUT2D eigenvalue weighted by Gasteiger charge is 2.07. The molecule has 2 aromatic rings. The van der Waals surface area contributed by atoms with E-state index in [-0.39, 0.29) is 23.9 Å². The van der Waals surface area contributed by atoms with Gasteiger partial charge >= 0.3 is 0 Å². The minimum atomic E-state index is -0.406. The van der Waals surface area contributed by atoms with Gasteiger partial charge < -0.3 is 11.1 Å². The number of hydrogen-bond donors (Lipinski definition) is 2. The summed E-state index contributed by atoms with van der Waals surface area (Å²) in [6, 6.07) is 7.57. The summed E-state index contributed by atoms with van der Waals surface area (Å²) < 4.78 is 14.3. The van der Waals surface area contributed by atoms with Gasteiger partial charge in [0.25, 0.3) is 0 Å². The van der Waals surface area contributed by atoms with Gasteiger partial charge in [-0.05, 0) is 24.3 Å². The molecule has 0 fully saturated rings. The van der Waals surface area contributed by atoms with Gasteiger partial charge in [0, 0.05) is 30.1 Å². The molecule has 0 bridgehead atoms. The van der Waals surface area contributed by atoms with E-state index in [0.717, 1.165) is 4.90 Å². The summed E-state index contributed by atoms with van der Waals surface area (Å²) in [4.78, 5) is 23.3. The Labute approximate surface area is 130 Å². The Balaban J connectivity index is 1.79. The Morgan fingerprint density at radius 3 is 2.68 bits per heavy atom. The van der Waals surface area contributed by atoms with E-state index in [1.807, 2.05) is 0 Å². The molecule has 0 aliphatic carbocycles. The number of nitrogens with zero attached hydrogens (tertiary/aromatic N) is 2. The predicted octanol–water partition coefficient (Wildman–Crippen LogP) is 1.63. The molecular weight excluding hydrogens is 307 g/mol. The number of benzene rings is 1. The number of thioether (sulfide) groups is 1. The number of anilines is 1. The van der Waals surface area contributed by atoms with E-state index in [2.05, 4.69) is 10.4 Å². The average Bonchev–Trinajstić information content (AvgIpc) is 2.92. The molecule has 116 valence electrons. The van der Waals surface area contributed by atoms with Crippen LogP contribution in [0, 0.1) is 5.82 Å². The first-order valence-corrected chi connectivity index (χ1v) is 7.51. The van der Waals surface area contributed by atoms with Crippen molar-refractivity contribution in [3.63, 3.8) is 0 Å². The molecule has 0 saturated carbocycles. The highest BCUT2D eigenvalue weighted by molar-refractivity contribution is 8.00. The van der Waals surface area contributed by atoms with Crippen molar-refractivity contribution in [2.45, 2.75) is 17.9 Å². The molecule has 22 heavy (non-hydrogen) atoms. The quantitative estimate of drug-likeness (QED) is 0.758. The third-order valence-corrected chi connectivity index (χ3v) is 3.69. The summed E-state index contributed by atoms with van der Waals surface area (Å²) in [6.07, 6.45) is 1.85. The topological polar surface area (TPSA) is 90.0 Å². The molecule has 0 atom stereocenters. The van der Waals surface area contributed by atoms with Gasteiger partial charge in [-0.2, -0.15) is 5.10 Å². The Hall–Kier alpha value is -2.35. The van der Waals surface area contributed by atoms with Crippen LogP contribution >= 0.6 is 11.8 Å². The van der Waals surface area contributed by atoms with Gasteiger partial charge in [-0.15, -0.1) is 11.8 Å². The lowest BCUT2D eigenvalue weighted by atomic mass is 10.4. The van der Waals surface area contributed by atoms with Crippen LogP contribution in [0.15, 0.2) is 41.4 Å². The number of aromatic nitrogens is 2. The van der Waals surface area contributed by atoms with Crippen molar-refractivity contribution in [2.24, 2.45) is 5.73 Å². The minimum Gasteiger partial charge on any atom is -0.370 e. The minimum absolute atomic E-state index is 0.190. The summed E-state index contributed by atoms with van der Waals surface area (Å²) in [5, 5.41) is 6.76. The number of rotatable bonds is 7. The Kier molecular flexibility index (Phi) is 5.54. The maximum atomic E-state index is 12.8. The van der Waals surface area contributed by atoms with E-state index in [0.29, 0.717) is 12.4 Å². The number of carbonyl (C=O) groups is 2. The van der Waals surface area contributed by atoms with Crippen LogP contribution in [0.1, 0.15) is 6.42 Å². The molecule has 8 heteroatoms. The summed E-state index contributed by atoms with van der Waals surface area (Å²) in [5.41, 5.74) is 5.06. The van der Waals surface area contributed by atoms with Gasteiger partial charge in [0.05, 0.1) is 5.75 Å². The first kappa shape index (κ1) is 16.0. The molecule has 0 radical (unpaired) electrons. The van der Waals surface area contributed by atoms with Crippen molar-refractivity contribution < 1.29 is 14.0 Å². The number of amides is 2. The molecule has 2 amide bonds. The van der Waals surface area contributed by atoms with Gasteiger partial charge in [-0.3, -0.25) is 14.3 Å². The third-order valence-electron chi connectivity index (χ3n) is 2.68. The van der Waals surface area contributed by atoms with E-state index in [1.54, 1.807) is 24.4 Å². The second-order valence-electron chi connectivity index (χ2n) is 4.47. The summed E-state index contributed by atoms with van der Waals surface area (Å²) in [7, 11) is 0. The van der Waals surface area contributed by atoms with Crippen LogP contribution in [-0.2, 0) is 16.1 Å². The van der Waals surface area contributed by atoms with Crippen LogP contribution in [-0.4, -0.2) is 27.3 Å². The smallest absolute Gasteiger partial charge is 0.235 e. The summed E-state index contributed by atoms with van der Waals surface area (Å²) in [5.74, 6) is -0.324. The summed E-state index contributed by atoms with van der Waals surface area (Å²) >= 11 is 1.30. The highest BCUT2D eigenvalue weighted by atomic mass is 32.2. The van der Waals surface area contributed by atoms with Crippen molar-refractivity contribution in [1.82, 2.24) is 9.78 Å². The van der Waals surface area contributed by atoms with Crippen LogP contribution in [0.25, 0.3) is 0 Å². The normalized spacial score (nSPS) is 10.4. The van der Waals surface area contributed by atoms with Crippen molar-refractivity contribution in [2.75, 3.05) is 11.1 Å². The zero-order valence-corrected chi connectivity index (χ0v) is 12.5. The molecule has 1 aromatic carbocycles. The lowest BCUT2D eigenvalue weighted by Gasteiger charge is -2.03. The van der Waals surface area contributed by atoms with Gasteiger partial charge in [0.1, 0.15) is 5.82 Å². The van der Waals surface area contributed by atoms with Crippen molar-refractivity contribution in [3.05, 3.63) is 42.3 Å². The van der Waals surface area contributed by atoms with Crippen LogP contribution in [0.2, 0.25) is 0 Å². The van der Waals surface area contributed by atoms with Gasteiger partial charge in [0.15, 0.2) is 5.82 Å². The van der Waals surface area contributed by atoms with Gasteiger partial charge in [0.2, 0.25) is 11.8 Å². The SMILES string of the molecule is NC(=O)CCn1ccc(NC(=O)CSc2ccc(F)cc2)n1. The van der Waals surface area contributed by atoms with Crippen molar-refractivity contribution in [3.8, 4) is 0 Å². The second kappa shape index (κ2) is 7.60. The maximum absolute atomic E-state index is 12.8. The zero-order valence-electron chi connectivity index (χ0n) is 11.7. The van der Waals surface area contributed by atoms with E-state index >= 15 is 0 Å². The highest BCUT2D eigenvalue weighted by Crippen LogP contribution is 2.18. The number of carbonyl (C=O) groups excluding carboxylic acids is 2. The zero-order chi connectivity index (χ0) is 15.9. The number of halogens is 1. The fourth-order valence-corrected chi connectivity index (χ4v) is 2.33. The molecule has 1 aromatic heterocycles. The lowest BCUT2D eigenvalue weighted by Crippen LogP contribution is -2.16. The third kappa shape index (κ3) is 5.21. The Morgan fingerprint density at radius 2 is 2.00 bits per heavy atom. The first-order valence-electron chi connectivity index (χ1n) is 6.53. The van der Waals surface area contributed by atoms with Crippen LogP contribution in [0.5, 0.6) is 0 Å². The van der Waals surface area contributed by atoms with Crippen molar-refractivity contribution in [1.29, 1.82) is 0 Å². The van der Waals surface area contributed by atoms with Gasteiger partial charge in [-0.25, -0.2) is 4.39 Å². The average molecular weight is 322 g/mol. The van der Waals surface area contributed by atoms with Crippen LogP contribution < -0.4 is 11.1 Å².